The van der Waals surface area contributed by atoms with E-state index in [2.05, 4.69) is 10.1 Å². The van der Waals surface area contributed by atoms with Crippen LogP contribution in [0.15, 0.2) is 11.4 Å². The van der Waals surface area contributed by atoms with Gasteiger partial charge in [0.15, 0.2) is 0 Å². The highest BCUT2D eigenvalue weighted by Gasteiger charge is 2.15. The molecule has 0 unspecified atom stereocenters. The van der Waals surface area contributed by atoms with Crippen LogP contribution in [-0.2, 0) is 20.7 Å². The molecule has 94 valence electrons. The molecule has 0 saturated heterocycles. The van der Waals surface area contributed by atoms with Crippen molar-refractivity contribution in [1.29, 1.82) is 0 Å². The number of carbonyl (C=O) groups is 2. The van der Waals surface area contributed by atoms with Crippen LogP contribution >= 0.6 is 22.9 Å². The van der Waals surface area contributed by atoms with Crippen molar-refractivity contribution in [2.75, 3.05) is 7.11 Å². The zero-order chi connectivity index (χ0) is 12.8. The van der Waals surface area contributed by atoms with Crippen molar-refractivity contribution < 1.29 is 14.3 Å². The molecule has 0 bridgehead atoms. The lowest BCUT2D eigenvalue weighted by atomic mass is 10.2. The number of carbonyl (C=O) groups excluding carboxylic acids is 2. The van der Waals surface area contributed by atoms with E-state index in [1.165, 1.54) is 18.4 Å². The van der Waals surface area contributed by atoms with Crippen LogP contribution in [0.3, 0.4) is 0 Å². The maximum atomic E-state index is 11.5. The maximum Gasteiger partial charge on any atom is 0.328 e. The summed E-state index contributed by atoms with van der Waals surface area (Å²) < 4.78 is 4.51. The van der Waals surface area contributed by atoms with Gasteiger partial charge in [0.2, 0.25) is 5.91 Å². The number of esters is 1. The Balaban J connectivity index is 2.33. The highest BCUT2D eigenvalue weighted by Crippen LogP contribution is 2.20. The summed E-state index contributed by atoms with van der Waals surface area (Å²) in [5.41, 5.74) is 0. The number of halogens is 1. The highest BCUT2D eigenvalue weighted by atomic mass is 35.5. The van der Waals surface area contributed by atoms with Gasteiger partial charge in [-0.2, -0.15) is 0 Å². The molecule has 1 N–H and O–H groups in total. The summed E-state index contributed by atoms with van der Waals surface area (Å²) in [6, 6.07) is 1.22. The summed E-state index contributed by atoms with van der Waals surface area (Å²) >= 11 is 7.29. The van der Waals surface area contributed by atoms with Crippen molar-refractivity contribution in [1.82, 2.24) is 5.32 Å². The van der Waals surface area contributed by atoms with Gasteiger partial charge in [0.25, 0.3) is 0 Å². The third kappa shape index (κ3) is 4.75. The molecule has 17 heavy (non-hydrogen) atoms. The fourth-order valence-electron chi connectivity index (χ4n) is 1.27. The summed E-state index contributed by atoms with van der Waals surface area (Å²) in [6.07, 6.45) is 0.954. The van der Waals surface area contributed by atoms with Gasteiger partial charge in [-0.25, -0.2) is 4.79 Å². The second kappa shape index (κ2) is 6.61. The normalized spacial score (nSPS) is 11.9. The number of aryl methyl sites for hydroxylation is 1. The van der Waals surface area contributed by atoms with E-state index in [-0.39, 0.29) is 5.91 Å². The fraction of sp³-hybridized carbons (Fsp3) is 0.455. The van der Waals surface area contributed by atoms with E-state index in [1.54, 1.807) is 6.92 Å². The number of rotatable bonds is 5. The molecular formula is C11H14ClNO3S. The predicted octanol–water partition coefficient (Wildman–Crippen LogP) is 2.01. The Kier molecular flexibility index (Phi) is 5.44. The quantitative estimate of drug-likeness (QED) is 0.837. The number of ether oxygens (including phenoxy) is 1. The first-order valence-corrected chi connectivity index (χ1v) is 6.38. The summed E-state index contributed by atoms with van der Waals surface area (Å²) in [4.78, 5) is 23.6. The van der Waals surface area contributed by atoms with E-state index >= 15 is 0 Å². The molecule has 1 atom stereocenters. The summed E-state index contributed by atoms with van der Waals surface area (Å²) in [7, 11) is 1.29. The van der Waals surface area contributed by atoms with Crippen LogP contribution in [0, 0.1) is 0 Å². The minimum Gasteiger partial charge on any atom is -0.467 e. The lowest BCUT2D eigenvalue weighted by molar-refractivity contribution is -0.144. The number of hydrogen-bond donors (Lipinski definition) is 1. The van der Waals surface area contributed by atoms with Gasteiger partial charge in [0.05, 0.1) is 12.1 Å². The van der Waals surface area contributed by atoms with Crippen LogP contribution < -0.4 is 5.32 Å². The zero-order valence-corrected chi connectivity index (χ0v) is 11.2. The standard InChI is InChI=1S/C11H14ClNO3S/c1-7(11(15)16-2)13-10(14)4-3-9-5-8(12)6-17-9/h5-7H,3-4H2,1-2H3,(H,13,14)/t7-/m1/s1. The van der Waals surface area contributed by atoms with E-state index in [0.717, 1.165) is 4.88 Å². The molecule has 0 aromatic carbocycles. The molecule has 1 amide bonds. The molecule has 4 nitrogen and oxygen atoms in total. The Hall–Kier alpha value is -1.07. The highest BCUT2D eigenvalue weighted by molar-refractivity contribution is 7.10. The number of nitrogens with one attached hydrogen (secondary N) is 1. The second-order valence-electron chi connectivity index (χ2n) is 3.54. The summed E-state index contributed by atoms with van der Waals surface area (Å²) in [6.45, 7) is 1.59. The maximum absolute atomic E-state index is 11.5. The van der Waals surface area contributed by atoms with Crippen molar-refractivity contribution in [2.24, 2.45) is 0 Å². The van der Waals surface area contributed by atoms with Gasteiger partial charge in [-0.3, -0.25) is 4.79 Å². The SMILES string of the molecule is COC(=O)[C@@H](C)NC(=O)CCc1cc(Cl)cs1. The number of hydrogen-bond acceptors (Lipinski definition) is 4. The topological polar surface area (TPSA) is 55.4 Å². The predicted molar refractivity (Wildman–Crippen MR) is 67.3 cm³/mol. The van der Waals surface area contributed by atoms with Crippen LogP contribution in [0.1, 0.15) is 18.2 Å². The minimum atomic E-state index is -0.612. The van der Waals surface area contributed by atoms with Gasteiger partial charge >= 0.3 is 5.97 Å². The van der Waals surface area contributed by atoms with E-state index in [0.29, 0.717) is 17.9 Å². The van der Waals surface area contributed by atoms with Crippen LogP contribution in [0.5, 0.6) is 0 Å². The van der Waals surface area contributed by atoms with Crippen LogP contribution in [0.4, 0.5) is 0 Å². The molecule has 0 spiro atoms. The monoisotopic (exact) mass is 275 g/mol. The first-order valence-electron chi connectivity index (χ1n) is 5.13. The van der Waals surface area contributed by atoms with E-state index in [9.17, 15) is 9.59 Å². The average molecular weight is 276 g/mol. The Morgan fingerprint density at radius 2 is 2.29 bits per heavy atom. The van der Waals surface area contributed by atoms with Gasteiger partial charge in [-0.05, 0) is 19.4 Å². The Bertz CT molecular complexity index is 405. The van der Waals surface area contributed by atoms with Crippen molar-refractivity contribution in [3.05, 3.63) is 21.3 Å². The molecule has 1 aromatic heterocycles. The van der Waals surface area contributed by atoms with Gasteiger partial charge in [-0.15, -0.1) is 11.3 Å². The molecule has 0 aliphatic carbocycles. The lowest BCUT2D eigenvalue weighted by Gasteiger charge is -2.10. The third-order valence-electron chi connectivity index (χ3n) is 2.15. The molecule has 0 fully saturated rings. The first-order chi connectivity index (χ1) is 8.02. The Labute approximate surface area is 109 Å². The van der Waals surface area contributed by atoms with Gasteiger partial charge in [0.1, 0.15) is 6.04 Å². The summed E-state index contributed by atoms with van der Waals surface area (Å²) in [5, 5.41) is 5.08. The van der Waals surface area contributed by atoms with Gasteiger partial charge in [-0.1, -0.05) is 11.6 Å². The minimum absolute atomic E-state index is 0.174. The van der Waals surface area contributed by atoms with Crippen molar-refractivity contribution >= 4 is 34.8 Å². The number of amides is 1. The Morgan fingerprint density at radius 1 is 1.59 bits per heavy atom. The fourth-order valence-corrected chi connectivity index (χ4v) is 2.35. The smallest absolute Gasteiger partial charge is 0.328 e. The van der Waals surface area contributed by atoms with E-state index in [4.69, 9.17) is 11.6 Å². The van der Waals surface area contributed by atoms with Gasteiger partial charge < -0.3 is 10.1 Å². The lowest BCUT2D eigenvalue weighted by Crippen LogP contribution is -2.39. The van der Waals surface area contributed by atoms with Crippen LogP contribution in [-0.4, -0.2) is 25.0 Å². The number of thiophene rings is 1. The molecule has 0 aliphatic rings. The second-order valence-corrected chi connectivity index (χ2v) is 4.98. The van der Waals surface area contributed by atoms with Crippen molar-refractivity contribution in [2.45, 2.75) is 25.8 Å². The molecule has 0 radical (unpaired) electrons. The van der Waals surface area contributed by atoms with Crippen molar-refractivity contribution in [3.8, 4) is 0 Å². The third-order valence-corrected chi connectivity index (χ3v) is 3.50. The van der Waals surface area contributed by atoms with Gasteiger partial charge in [0, 0.05) is 16.7 Å². The number of methoxy groups -OCH3 is 1. The van der Waals surface area contributed by atoms with Crippen LogP contribution in [0.2, 0.25) is 5.02 Å². The van der Waals surface area contributed by atoms with Crippen molar-refractivity contribution in [3.63, 3.8) is 0 Å². The van der Waals surface area contributed by atoms with E-state index < -0.39 is 12.0 Å². The Morgan fingerprint density at radius 3 is 2.82 bits per heavy atom. The molecule has 1 aromatic rings. The molecule has 6 heteroatoms. The summed E-state index contributed by atoms with van der Waals surface area (Å²) in [5.74, 6) is -0.620. The molecular weight excluding hydrogens is 262 g/mol. The van der Waals surface area contributed by atoms with E-state index in [1.807, 2.05) is 11.4 Å². The first kappa shape index (κ1) is 14.0. The molecule has 1 rings (SSSR count). The molecule has 0 saturated carbocycles. The van der Waals surface area contributed by atoms with Crippen LogP contribution in [0.25, 0.3) is 0 Å². The average Bonchev–Trinajstić information content (AvgIpc) is 2.71. The molecule has 0 aliphatic heterocycles. The largest absolute Gasteiger partial charge is 0.467 e. The molecule has 1 heterocycles. The zero-order valence-electron chi connectivity index (χ0n) is 9.66.